The van der Waals surface area contributed by atoms with Crippen LogP contribution in [0.1, 0.15) is 5.56 Å². The van der Waals surface area contributed by atoms with E-state index in [0.29, 0.717) is 17.1 Å². The molecule has 1 amide bonds. The molecule has 1 heterocycles. The molecule has 0 spiro atoms. The van der Waals surface area contributed by atoms with Crippen molar-refractivity contribution in [3.05, 3.63) is 71.2 Å². The van der Waals surface area contributed by atoms with Crippen LogP contribution in [-0.2, 0) is 11.2 Å². The third-order valence-corrected chi connectivity index (χ3v) is 4.28. The number of nitrogens with one attached hydrogen (secondary N) is 1. The largest absolute Gasteiger partial charge is 0.479 e. The van der Waals surface area contributed by atoms with E-state index in [-0.39, 0.29) is 5.91 Å². The second kappa shape index (κ2) is 5.60. The van der Waals surface area contributed by atoms with E-state index in [4.69, 9.17) is 16.3 Å². The Morgan fingerprint density at radius 2 is 1.83 bits per heavy atom. The molecule has 3 aromatic rings. The van der Waals surface area contributed by atoms with Crippen molar-refractivity contribution in [3.8, 4) is 5.75 Å². The molecule has 0 aliphatic carbocycles. The van der Waals surface area contributed by atoms with Crippen molar-refractivity contribution in [2.75, 3.05) is 5.32 Å². The fourth-order valence-corrected chi connectivity index (χ4v) is 3.00. The average Bonchev–Trinajstić information content (AvgIpc) is 3.02. The molecule has 114 valence electrons. The van der Waals surface area contributed by atoms with E-state index >= 15 is 0 Å². The van der Waals surface area contributed by atoms with Gasteiger partial charge in [0.25, 0.3) is 5.91 Å². The first kappa shape index (κ1) is 14.1. The van der Waals surface area contributed by atoms with Gasteiger partial charge in [-0.2, -0.15) is 0 Å². The fourth-order valence-electron chi connectivity index (χ4n) is 2.87. The van der Waals surface area contributed by atoms with Gasteiger partial charge in [-0.15, -0.1) is 0 Å². The molecule has 1 aliphatic rings. The molecule has 0 fully saturated rings. The topological polar surface area (TPSA) is 38.3 Å². The average molecular weight is 324 g/mol. The number of rotatable bonds is 2. The lowest BCUT2D eigenvalue weighted by molar-refractivity contribution is -0.121. The Hall–Kier alpha value is -2.52. The Labute approximate surface area is 138 Å². The van der Waals surface area contributed by atoms with E-state index in [9.17, 15) is 4.79 Å². The molecule has 1 unspecified atom stereocenters. The quantitative estimate of drug-likeness (QED) is 0.757. The second-order valence-electron chi connectivity index (χ2n) is 5.58. The monoisotopic (exact) mass is 323 g/mol. The van der Waals surface area contributed by atoms with E-state index in [1.54, 1.807) is 24.3 Å². The molecule has 0 saturated carbocycles. The summed E-state index contributed by atoms with van der Waals surface area (Å²) in [6.45, 7) is 0. The highest BCUT2D eigenvalue weighted by atomic mass is 35.5. The van der Waals surface area contributed by atoms with Crippen molar-refractivity contribution in [1.29, 1.82) is 0 Å². The number of carbonyl (C=O) groups excluding carboxylic acids is 1. The van der Waals surface area contributed by atoms with Crippen LogP contribution in [0.2, 0.25) is 5.02 Å². The van der Waals surface area contributed by atoms with Crippen LogP contribution in [0.25, 0.3) is 10.8 Å². The lowest BCUT2D eigenvalue weighted by Gasteiger charge is -2.12. The van der Waals surface area contributed by atoms with Crippen LogP contribution < -0.4 is 10.1 Å². The molecular weight excluding hydrogens is 310 g/mol. The highest BCUT2D eigenvalue weighted by Gasteiger charge is 2.30. The van der Waals surface area contributed by atoms with Crippen LogP contribution in [0.5, 0.6) is 5.75 Å². The van der Waals surface area contributed by atoms with Crippen LogP contribution in [0.15, 0.2) is 60.7 Å². The number of benzene rings is 3. The number of anilines is 1. The number of carbonyl (C=O) groups is 1. The third-order valence-electron chi connectivity index (χ3n) is 4.03. The Kier molecular flexibility index (Phi) is 3.43. The van der Waals surface area contributed by atoms with Gasteiger partial charge in [-0.25, -0.2) is 0 Å². The van der Waals surface area contributed by atoms with Gasteiger partial charge in [0.1, 0.15) is 5.75 Å². The lowest BCUT2D eigenvalue weighted by atomic mass is 10.0. The van der Waals surface area contributed by atoms with Gasteiger partial charge >= 0.3 is 0 Å². The third kappa shape index (κ3) is 2.64. The standard InChI is InChI=1S/C19H14ClNO2/c20-14-7-9-15(10-8-14)21-19(22)17-11-13-6-5-12-3-1-2-4-16(12)18(13)23-17/h1-10,17H,11H2,(H,21,22). The van der Waals surface area contributed by atoms with Crippen molar-refractivity contribution in [2.24, 2.45) is 0 Å². The van der Waals surface area contributed by atoms with E-state index in [1.165, 1.54) is 0 Å². The van der Waals surface area contributed by atoms with E-state index in [2.05, 4.69) is 11.4 Å². The Morgan fingerprint density at radius 3 is 2.65 bits per heavy atom. The summed E-state index contributed by atoms with van der Waals surface area (Å²) in [7, 11) is 0. The number of halogens is 1. The minimum Gasteiger partial charge on any atom is -0.479 e. The zero-order valence-electron chi connectivity index (χ0n) is 12.3. The van der Waals surface area contributed by atoms with Crippen molar-refractivity contribution < 1.29 is 9.53 Å². The molecule has 4 rings (SSSR count). The number of hydrogen-bond donors (Lipinski definition) is 1. The van der Waals surface area contributed by atoms with Crippen LogP contribution in [0.4, 0.5) is 5.69 Å². The summed E-state index contributed by atoms with van der Waals surface area (Å²) in [5.41, 5.74) is 1.78. The van der Waals surface area contributed by atoms with Crippen molar-refractivity contribution in [3.63, 3.8) is 0 Å². The van der Waals surface area contributed by atoms with Gasteiger partial charge in [0.2, 0.25) is 0 Å². The maximum absolute atomic E-state index is 12.4. The van der Waals surface area contributed by atoms with Gasteiger partial charge in [-0.1, -0.05) is 48.0 Å². The molecule has 1 N–H and O–H groups in total. The normalized spacial score (nSPS) is 16.0. The number of amides is 1. The number of hydrogen-bond acceptors (Lipinski definition) is 2. The van der Waals surface area contributed by atoms with Crippen molar-refractivity contribution in [1.82, 2.24) is 0 Å². The molecule has 0 saturated heterocycles. The van der Waals surface area contributed by atoms with Gasteiger partial charge in [-0.3, -0.25) is 4.79 Å². The Bertz CT molecular complexity index is 890. The number of fused-ring (bicyclic) bond motifs is 3. The summed E-state index contributed by atoms with van der Waals surface area (Å²) in [6, 6.07) is 19.2. The molecule has 0 bridgehead atoms. The van der Waals surface area contributed by atoms with Crippen molar-refractivity contribution in [2.45, 2.75) is 12.5 Å². The minimum absolute atomic E-state index is 0.146. The summed E-state index contributed by atoms with van der Waals surface area (Å²) in [5, 5.41) is 5.67. The second-order valence-corrected chi connectivity index (χ2v) is 6.02. The smallest absolute Gasteiger partial charge is 0.265 e. The van der Waals surface area contributed by atoms with Crippen LogP contribution >= 0.6 is 11.6 Å². The minimum atomic E-state index is -0.508. The first-order valence-electron chi connectivity index (χ1n) is 7.44. The Balaban J connectivity index is 1.56. The first-order chi connectivity index (χ1) is 11.2. The van der Waals surface area contributed by atoms with E-state index in [1.807, 2.05) is 30.3 Å². The van der Waals surface area contributed by atoms with E-state index < -0.39 is 6.10 Å². The zero-order chi connectivity index (χ0) is 15.8. The lowest BCUT2D eigenvalue weighted by Crippen LogP contribution is -2.31. The van der Waals surface area contributed by atoms with Gasteiger partial charge in [-0.05, 0) is 35.2 Å². The predicted octanol–water partition coefficient (Wildman–Crippen LogP) is 4.44. The first-order valence-corrected chi connectivity index (χ1v) is 7.82. The van der Waals surface area contributed by atoms with Gasteiger partial charge in [0, 0.05) is 22.5 Å². The van der Waals surface area contributed by atoms with Crippen LogP contribution in [-0.4, -0.2) is 12.0 Å². The Morgan fingerprint density at radius 1 is 1.04 bits per heavy atom. The molecule has 3 aromatic carbocycles. The molecule has 1 aliphatic heterocycles. The molecule has 1 atom stereocenters. The SMILES string of the molecule is O=C(Nc1ccc(Cl)cc1)C1Cc2ccc3ccccc3c2O1. The van der Waals surface area contributed by atoms with Gasteiger partial charge in [0.05, 0.1) is 0 Å². The summed E-state index contributed by atoms with van der Waals surface area (Å²) in [5.74, 6) is 0.673. The molecule has 0 radical (unpaired) electrons. The van der Waals surface area contributed by atoms with Crippen LogP contribution in [0.3, 0.4) is 0 Å². The highest BCUT2D eigenvalue weighted by Crippen LogP contribution is 2.36. The maximum Gasteiger partial charge on any atom is 0.265 e. The van der Waals surface area contributed by atoms with Crippen molar-refractivity contribution >= 4 is 34.0 Å². The molecular formula is C19H14ClNO2. The summed E-state index contributed by atoms with van der Waals surface area (Å²) in [6.07, 6.45) is 0.0750. The van der Waals surface area contributed by atoms with Gasteiger partial charge in [0.15, 0.2) is 6.10 Å². The fraction of sp³-hybridized carbons (Fsp3) is 0.105. The molecule has 23 heavy (non-hydrogen) atoms. The predicted molar refractivity (Wildman–Crippen MR) is 92.1 cm³/mol. The maximum atomic E-state index is 12.4. The highest BCUT2D eigenvalue weighted by molar-refractivity contribution is 6.30. The summed E-state index contributed by atoms with van der Waals surface area (Å²) in [4.78, 5) is 12.4. The molecule has 0 aromatic heterocycles. The zero-order valence-corrected chi connectivity index (χ0v) is 13.0. The van der Waals surface area contributed by atoms with E-state index in [0.717, 1.165) is 22.1 Å². The van der Waals surface area contributed by atoms with Crippen LogP contribution in [0, 0.1) is 0 Å². The summed E-state index contributed by atoms with van der Waals surface area (Å²) < 4.78 is 5.94. The van der Waals surface area contributed by atoms with Gasteiger partial charge < -0.3 is 10.1 Å². The molecule has 3 nitrogen and oxygen atoms in total. The number of ether oxygens (including phenoxy) is 1. The molecule has 4 heteroatoms. The summed E-state index contributed by atoms with van der Waals surface area (Å²) >= 11 is 5.85.